The Morgan fingerprint density at radius 2 is 1.42 bits per heavy atom. The van der Waals surface area contributed by atoms with Crippen LogP contribution in [0.3, 0.4) is 0 Å². The Morgan fingerprint density at radius 1 is 0.895 bits per heavy atom. The maximum Gasteiger partial charge on any atom is 0.226 e. The molecule has 3 rings (SSSR count). The van der Waals surface area contributed by atoms with E-state index in [0.717, 1.165) is 32.0 Å². The van der Waals surface area contributed by atoms with Gasteiger partial charge in [-0.25, -0.2) is 0 Å². The Kier molecular flexibility index (Phi) is 4.11. The van der Waals surface area contributed by atoms with Crippen LogP contribution in [0, 0.1) is 11.8 Å². The molecule has 3 fully saturated rings. The van der Waals surface area contributed by atoms with Crippen molar-refractivity contribution >= 4 is 5.91 Å². The van der Waals surface area contributed by atoms with Crippen molar-refractivity contribution in [2.75, 3.05) is 13.2 Å². The average molecular weight is 265 g/mol. The van der Waals surface area contributed by atoms with E-state index in [-0.39, 0.29) is 5.92 Å². The Labute approximate surface area is 116 Å². The van der Waals surface area contributed by atoms with Gasteiger partial charge < -0.3 is 9.64 Å². The third kappa shape index (κ3) is 3.13. The molecule has 19 heavy (non-hydrogen) atoms. The second-order valence-corrected chi connectivity index (χ2v) is 6.78. The Hall–Kier alpha value is -0.570. The van der Waals surface area contributed by atoms with Crippen LogP contribution in [-0.2, 0) is 9.53 Å². The number of nitrogens with zero attached hydrogens (tertiary/aromatic N) is 1. The fourth-order valence-corrected chi connectivity index (χ4v) is 3.69. The summed E-state index contributed by atoms with van der Waals surface area (Å²) in [6.07, 6.45) is 9.40. The zero-order valence-corrected chi connectivity index (χ0v) is 12.1. The summed E-state index contributed by atoms with van der Waals surface area (Å²) in [4.78, 5) is 15.1. The van der Waals surface area contributed by atoms with Gasteiger partial charge in [0.05, 0.1) is 0 Å². The standard InChI is InChI=1S/C16H27NO2/c1-12-2-4-14(5-3-12)17(15-6-7-15)16(18)13-8-10-19-11-9-13/h12-15H,2-11H2,1H3. The summed E-state index contributed by atoms with van der Waals surface area (Å²) >= 11 is 0. The smallest absolute Gasteiger partial charge is 0.226 e. The minimum atomic E-state index is 0.244. The summed E-state index contributed by atoms with van der Waals surface area (Å²) < 4.78 is 5.39. The number of carbonyl (C=O) groups excluding carboxylic acids is 1. The largest absolute Gasteiger partial charge is 0.381 e. The van der Waals surface area contributed by atoms with Crippen LogP contribution in [0.15, 0.2) is 0 Å². The van der Waals surface area contributed by atoms with Crippen molar-refractivity contribution in [3.8, 4) is 0 Å². The first kappa shape index (κ1) is 13.4. The molecule has 0 spiro atoms. The molecule has 0 aromatic rings. The highest BCUT2D eigenvalue weighted by Gasteiger charge is 2.40. The minimum Gasteiger partial charge on any atom is -0.381 e. The number of hydrogen-bond donors (Lipinski definition) is 0. The van der Waals surface area contributed by atoms with E-state index in [1.165, 1.54) is 38.5 Å². The van der Waals surface area contributed by atoms with Crippen molar-refractivity contribution in [3.05, 3.63) is 0 Å². The highest BCUT2D eigenvalue weighted by molar-refractivity contribution is 5.80. The zero-order chi connectivity index (χ0) is 13.2. The summed E-state index contributed by atoms with van der Waals surface area (Å²) in [5, 5.41) is 0. The third-order valence-corrected chi connectivity index (χ3v) is 5.14. The fraction of sp³-hybridized carbons (Fsp3) is 0.938. The first-order valence-electron chi connectivity index (χ1n) is 8.15. The molecule has 2 aliphatic carbocycles. The van der Waals surface area contributed by atoms with Gasteiger partial charge in [-0.1, -0.05) is 6.92 Å². The highest BCUT2D eigenvalue weighted by atomic mass is 16.5. The van der Waals surface area contributed by atoms with Gasteiger partial charge in [0.25, 0.3) is 0 Å². The molecule has 3 nitrogen and oxygen atoms in total. The van der Waals surface area contributed by atoms with Gasteiger partial charge in [-0.05, 0) is 57.3 Å². The van der Waals surface area contributed by atoms with Gasteiger partial charge in [-0.3, -0.25) is 4.79 Å². The molecule has 1 heterocycles. The molecule has 1 saturated heterocycles. The molecule has 0 unspecified atom stereocenters. The van der Waals surface area contributed by atoms with Crippen LogP contribution in [0.1, 0.15) is 58.3 Å². The van der Waals surface area contributed by atoms with E-state index in [0.29, 0.717) is 18.0 Å². The predicted octanol–water partition coefficient (Wildman–Crippen LogP) is 2.98. The topological polar surface area (TPSA) is 29.5 Å². The van der Waals surface area contributed by atoms with Crippen LogP contribution < -0.4 is 0 Å². The molecule has 0 aromatic heterocycles. The van der Waals surface area contributed by atoms with Gasteiger partial charge in [-0.2, -0.15) is 0 Å². The molecule has 3 aliphatic rings. The molecule has 0 aromatic carbocycles. The van der Waals surface area contributed by atoms with E-state index in [9.17, 15) is 4.79 Å². The molecule has 108 valence electrons. The molecular weight excluding hydrogens is 238 g/mol. The average Bonchev–Trinajstić information content (AvgIpc) is 3.27. The Balaban J connectivity index is 1.64. The second-order valence-electron chi connectivity index (χ2n) is 6.78. The predicted molar refractivity (Wildman–Crippen MR) is 74.8 cm³/mol. The Bertz CT molecular complexity index is 313. The van der Waals surface area contributed by atoms with Gasteiger partial charge in [0.15, 0.2) is 0 Å². The molecule has 0 bridgehead atoms. The van der Waals surface area contributed by atoms with Gasteiger partial charge in [0.1, 0.15) is 0 Å². The maximum atomic E-state index is 12.8. The van der Waals surface area contributed by atoms with E-state index in [2.05, 4.69) is 11.8 Å². The molecule has 0 N–H and O–H groups in total. The van der Waals surface area contributed by atoms with Crippen molar-refractivity contribution in [2.24, 2.45) is 11.8 Å². The van der Waals surface area contributed by atoms with Gasteiger partial charge in [0.2, 0.25) is 5.91 Å². The fourth-order valence-electron chi connectivity index (χ4n) is 3.69. The monoisotopic (exact) mass is 265 g/mol. The summed E-state index contributed by atoms with van der Waals surface area (Å²) in [5.41, 5.74) is 0. The SMILES string of the molecule is CC1CCC(N(C(=O)C2CCOCC2)C2CC2)CC1. The number of amides is 1. The third-order valence-electron chi connectivity index (χ3n) is 5.14. The first-order chi connectivity index (χ1) is 9.25. The number of ether oxygens (including phenoxy) is 1. The number of carbonyl (C=O) groups is 1. The van der Waals surface area contributed by atoms with Crippen molar-refractivity contribution in [1.82, 2.24) is 4.90 Å². The second kappa shape index (κ2) is 5.82. The number of rotatable bonds is 3. The molecule has 2 saturated carbocycles. The van der Waals surface area contributed by atoms with E-state index < -0.39 is 0 Å². The molecular formula is C16H27NO2. The molecule has 0 radical (unpaired) electrons. The van der Waals surface area contributed by atoms with Crippen LogP contribution in [-0.4, -0.2) is 36.1 Å². The van der Waals surface area contributed by atoms with Crippen molar-refractivity contribution in [1.29, 1.82) is 0 Å². The normalized spacial score (nSPS) is 33.1. The highest BCUT2D eigenvalue weighted by Crippen LogP contribution is 2.37. The van der Waals surface area contributed by atoms with E-state index in [4.69, 9.17) is 4.74 Å². The van der Waals surface area contributed by atoms with Gasteiger partial charge in [0, 0.05) is 31.2 Å². The lowest BCUT2D eigenvalue weighted by molar-refractivity contribution is -0.142. The van der Waals surface area contributed by atoms with Crippen molar-refractivity contribution in [3.63, 3.8) is 0 Å². The van der Waals surface area contributed by atoms with Crippen LogP contribution in [0.4, 0.5) is 0 Å². The summed E-state index contributed by atoms with van der Waals surface area (Å²) in [6.45, 7) is 3.89. The van der Waals surface area contributed by atoms with Crippen molar-refractivity contribution in [2.45, 2.75) is 70.4 Å². The lowest BCUT2D eigenvalue weighted by Crippen LogP contribution is -2.47. The summed E-state index contributed by atoms with van der Waals surface area (Å²) in [6, 6.07) is 1.12. The molecule has 1 amide bonds. The lowest BCUT2D eigenvalue weighted by Gasteiger charge is -2.39. The van der Waals surface area contributed by atoms with Crippen LogP contribution >= 0.6 is 0 Å². The van der Waals surface area contributed by atoms with Crippen LogP contribution in [0.25, 0.3) is 0 Å². The van der Waals surface area contributed by atoms with Gasteiger partial charge >= 0.3 is 0 Å². The van der Waals surface area contributed by atoms with Gasteiger partial charge in [-0.15, -0.1) is 0 Å². The zero-order valence-electron chi connectivity index (χ0n) is 12.1. The molecule has 1 aliphatic heterocycles. The quantitative estimate of drug-likeness (QED) is 0.785. The minimum absolute atomic E-state index is 0.244. The summed E-state index contributed by atoms with van der Waals surface area (Å²) in [7, 11) is 0. The van der Waals surface area contributed by atoms with Crippen molar-refractivity contribution < 1.29 is 9.53 Å². The molecule has 0 atom stereocenters. The van der Waals surface area contributed by atoms with Crippen LogP contribution in [0.5, 0.6) is 0 Å². The molecule has 3 heteroatoms. The van der Waals surface area contributed by atoms with Crippen LogP contribution in [0.2, 0.25) is 0 Å². The summed E-state index contributed by atoms with van der Waals surface area (Å²) in [5.74, 6) is 1.55. The van der Waals surface area contributed by atoms with E-state index >= 15 is 0 Å². The van der Waals surface area contributed by atoms with E-state index in [1.807, 2.05) is 0 Å². The lowest BCUT2D eigenvalue weighted by atomic mass is 9.85. The maximum absolute atomic E-state index is 12.8. The Morgan fingerprint density at radius 3 is 1.95 bits per heavy atom. The number of hydrogen-bond acceptors (Lipinski definition) is 2. The van der Waals surface area contributed by atoms with E-state index in [1.54, 1.807) is 0 Å². The first-order valence-corrected chi connectivity index (χ1v) is 8.15.